The molecule has 0 saturated heterocycles. The number of nitrogens with one attached hydrogen (secondary N) is 2. The maximum Gasteiger partial charge on any atom is 0.193 e. The van der Waals surface area contributed by atoms with Gasteiger partial charge in [0.1, 0.15) is 5.82 Å². The van der Waals surface area contributed by atoms with Gasteiger partial charge in [0.2, 0.25) is 0 Å². The van der Waals surface area contributed by atoms with Crippen molar-refractivity contribution < 1.29 is 12.8 Å². The number of rotatable bonds is 6. The van der Waals surface area contributed by atoms with Crippen molar-refractivity contribution in [3.05, 3.63) is 58.6 Å². The fraction of sp³-hybridized carbons (Fsp3) is 0.294. The Labute approximate surface area is 160 Å². The number of thiazole rings is 1. The highest BCUT2D eigenvalue weighted by Gasteiger charge is 2.11. The highest BCUT2D eigenvalue weighted by molar-refractivity contribution is 7.89. The van der Waals surface area contributed by atoms with E-state index in [0.717, 1.165) is 16.9 Å². The van der Waals surface area contributed by atoms with Gasteiger partial charge in [-0.25, -0.2) is 17.8 Å². The monoisotopic (exact) mass is 409 g/mol. The quantitative estimate of drug-likeness (QED) is 0.480. The average Bonchev–Trinajstić information content (AvgIpc) is 3.17. The first-order chi connectivity index (χ1) is 12.8. The van der Waals surface area contributed by atoms with Crippen LogP contribution < -0.4 is 10.6 Å². The summed E-state index contributed by atoms with van der Waals surface area (Å²) in [6.07, 6.45) is 5.03. The number of guanidine groups is 1. The molecule has 0 bridgehead atoms. The van der Waals surface area contributed by atoms with Gasteiger partial charge in [-0.2, -0.15) is 0 Å². The number of fused-ring (bicyclic) bond motifs is 1. The molecular formula is C17H20FN5O2S2. The third-order valence-electron chi connectivity index (χ3n) is 3.84. The molecule has 0 amide bonds. The number of benzene rings is 1. The third kappa shape index (κ3) is 5.27. The van der Waals surface area contributed by atoms with Crippen molar-refractivity contribution in [3.8, 4) is 0 Å². The Morgan fingerprint density at radius 2 is 2.07 bits per heavy atom. The number of sulfone groups is 1. The van der Waals surface area contributed by atoms with Crippen LogP contribution in [0.2, 0.25) is 0 Å². The summed E-state index contributed by atoms with van der Waals surface area (Å²) in [7, 11) is -1.59. The molecule has 2 N–H and O–H groups in total. The van der Waals surface area contributed by atoms with E-state index in [1.165, 1.54) is 18.2 Å². The molecule has 0 aliphatic carbocycles. The van der Waals surface area contributed by atoms with Crippen LogP contribution in [0.5, 0.6) is 0 Å². The van der Waals surface area contributed by atoms with Crippen LogP contribution in [0.3, 0.4) is 0 Å². The van der Waals surface area contributed by atoms with Gasteiger partial charge in [-0.3, -0.25) is 9.39 Å². The molecule has 27 heavy (non-hydrogen) atoms. The minimum Gasteiger partial charge on any atom is -0.352 e. The highest BCUT2D eigenvalue weighted by Crippen LogP contribution is 2.14. The van der Waals surface area contributed by atoms with E-state index in [2.05, 4.69) is 20.6 Å². The van der Waals surface area contributed by atoms with Crippen LogP contribution in [0.1, 0.15) is 16.8 Å². The minimum atomic E-state index is -3.22. The summed E-state index contributed by atoms with van der Waals surface area (Å²) in [6, 6.07) is 4.10. The molecule has 2 aromatic heterocycles. The predicted octanol–water partition coefficient (Wildman–Crippen LogP) is 1.94. The number of imidazole rings is 1. The Morgan fingerprint density at radius 3 is 2.78 bits per heavy atom. The van der Waals surface area contributed by atoms with Gasteiger partial charge < -0.3 is 10.6 Å². The average molecular weight is 410 g/mol. The summed E-state index contributed by atoms with van der Waals surface area (Å²) < 4.78 is 38.7. The first-order valence-electron chi connectivity index (χ1n) is 8.14. The molecular weight excluding hydrogens is 389 g/mol. The zero-order valence-electron chi connectivity index (χ0n) is 14.9. The molecule has 10 heteroatoms. The minimum absolute atomic E-state index is 0.137. The van der Waals surface area contributed by atoms with Crippen LogP contribution in [0.4, 0.5) is 4.39 Å². The molecule has 0 radical (unpaired) electrons. The lowest BCUT2D eigenvalue weighted by molar-refractivity contribution is 0.599. The van der Waals surface area contributed by atoms with Crippen LogP contribution in [-0.2, 0) is 28.7 Å². The van der Waals surface area contributed by atoms with E-state index in [1.54, 1.807) is 18.4 Å². The van der Waals surface area contributed by atoms with Crippen molar-refractivity contribution in [2.24, 2.45) is 4.99 Å². The summed E-state index contributed by atoms with van der Waals surface area (Å²) >= 11 is 1.56. The molecule has 0 fully saturated rings. The first kappa shape index (κ1) is 19.3. The fourth-order valence-corrected chi connectivity index (χ4v) is 4.18. The molecule has 2 heterocycles. The van der Waals surface area contributed by atoms with Crippen LogP contribution >= 0.6 is 11.3 Å². The van der Waals surface area contributed by atoms with Gasteiger partial charge in [0.05, 0.1) is 18.0 Å². The molecule has 0 aliphatic heterocycles. The first-order valence-corrected chi connectivity index (χ1v) is 11.1. The number of hydrogen-bond donors (Lipinski definition) is 2. The summed E-state index contributed by atoms with van der Waals surface area (Å²) in [5.74, 6) is -0.0344. The maximum atomic E-state index is 13.6. The molecule has 0 aliphatic rings. The normalized spacial score (nSPS) is 12.5. The second-order valence-corrected chi connectivity index (χ2v) is 9.10. The molecule has 1 aromatic carbocycles. The number of hydrogen-bond acceptors (Lipinski definition) is 5. The Balaban J connectivity index is 1.63. The largest absolute Gasteiger partial charge is 0.352 e. The van der Waals surface area contributed by atoms with Crippen molar-refractivity contribution in [2.45, 2.75) is 18.8 Å². The summed E-state index contributed by atoms with van der Waals surface area (Å²) in [6.45, 7) is 0.730. The second kappa shape index (κ2) is 8.05. The van der Waals surface area contributed by atoms with E-state index in [9.17, 15) is 12.8 Å². The van der Waals surface area contributed by atoms with Crippen molar-refractivity contribution in [2.75, 3.05) is 13.3 Å². The van der Waals surface area contributed by atoms with E-state index in [0.29, 0.717) is 23.6 Å². The lowest BCUT2D eigenvalue weighted by atomic mass is 10.1. The molecule has 7 nitrogen and oxygen atoms in total. The number of halogens is 1. The van der Waals surface area contributed by atoms with Crippen molar-refractivity contribution in [1.29, 1.82) is 0 Å². The fourth-order valence-electron chi connectivity index (χ4n) is 2.62. The van der Waals surface area contributed by atoms with E-state index in [1.807, 2.05) is 22.2 Å². The van der Waals surface area contributed by atoms with Crippen molar-refractivity contribution in [1.82, 2.24) is 20.0 Å². The van der Waals surface area contributed by atoms with Gasteiger partial charge in [0.25, 0.3) is 0 Å². The zero-order valence-corrected chi connectivity index (χ0v) is 16.6. The lowest BCUT2D eigenvalue weighted by Gasteiger charge is -2.14. The predicted molar refractivity (Wildman–Crippen MR) is 105 cm³/mol. The van der Waals surface area contributed by atoms with Crippen LogP contribution in [0, 0.1) is 5.82 Å². The summed E-state index contributed by atoms with van der Waals surface area (Å²) in [5, 5.41) is 8.19. The topological polar surface area (TPSA) is 87.9 Å². The van der Waals surface area contributed by atoms with Gasteiger partial charge >= 0.3 is 0 Å². The summed E-state index contributed by atoms with van der Waals surface area (Å²) in [4.78, 5) is 9.54. The van der Waals surface area contributed by atoms with Crippen molar-refractivity contribution in [3.63, 3.8) is 0 Å². The molecule has 0 unspecified atom stereocenters. The third-order valence-corrected chi connectivity index (χ3v) is 5.44. The van der Waals surface area contributed by atoms with E-state index >= 15 is 0 Å². The van der Waals surface area contributed by atoms with Crippen LogP contribution in [-0.4, -0.2) is 37.1 Å². The maximum absolute atomic E-state index is 13.6. The van der Waals surface area contributed by atoms with Crippen molar-refractivity contribution >= 4 is 32.1 Å². The smallest absolute Gasteiger partial charge is 0.193 e. The lowest BCUT2D eigenvalue weighted by Crippen LogP contribution is -2.36. The van der Waals surface area contributed by atoms with Gasteiger partial charge in [-0.05, 0) is 23.3 Å². The summed E-state index contributed by atoms with van der Waals surface area (Å²) in [5.41, 5.74) is 2.01. The molecule has 0 atom stereocenters. The molecule has 144 valence electrons. The Morgan fingerprint density at radius 1 is 1.30 bits per heavy atom. The Bertz CT molecular complexity index is 1040. The van der Waals surface area contributed by atoms with Gasteiger partial charge in [0, 0.05) is 37.6 Å². The van der Waals surface area contributed by atoms with E-state index in [-0.39, 0.29) is 12.3 Å². The van der Waals surface area contributed by atoms with Gasteiger partial charge in [-0.1, -0.05) is 6.07 Å². The van der Waals surface area contributed by atoms with E-state index in [4.69, 9.17) is 0 Å². The molecule has 3 rings (SSSR count). The standard InChI is InChI=1S/C17H20FN5O2S2/c1-19-16(21-9-15-10-23-5-6-26-17(23)22-15)20-8-13-7-14(18)4-3-12(13)11-27(2,24)25/h3-7,10H,8-9,11H2,1-2H3,(H2,19,20,21). The van der Waals surface area contributed by atoms with E-state index < -0.39 is 15.7 Å². The molecule has 0 spiro atoms. The van der Waals surface area contributed by atoms with Crippen LogP contribution in [0.15, 0.2) is 41.0 Å². The Hall–Kier alpha value is -2.46. The highest BCUT2D eigenvalue weighted by atomic mass is 32.2. The number of aliphatic imine (C=N–C) groups is 1. The number of aromatic nitrogens is 2. The SMILES string of the molecule is CN=C(NCc1cn2ccsc2n1)NCc1cc(F)ccc1CS(C)(=O)=O. The second-order valence-electron chi connectivity index (χ2n) is 6.09. The number of nitrogens with zero attached hydrogens (tertiary/aromatic N) is 3. The molecule has 3 aromatic rings. The van der Waals surface area contributed by atoms with Gasteiger partial charge in [0.15, 0.2) is 20.8 Å². The Kier molecular flexibility index (Phi) is 5.76. The van der Waals surface area contributed by atoms with Gasteiger partial charge in [-0.15, -0.1) is 11.3 Å². The zero-order chi connectivity index (χ0) is 19.4. The molecule has 0 saturated carbocycles. The van der Waals surface area contributed by atoms with Crippen LogP contribution in [0.25, 0.3) is 4.96 Å².